The minimum absolute atomic E-state index is 0.246. The predicted molar refractivity (Wildman–Crippen MR) is 135 cm³/mol. The van der Waals surface area contributed by atoms with E-state index in [1.54, 1.807) is 79.9 Å². The van der Waals surface area contributed by atoms with Gasteiger partial charge in [0.05, 0.1) is 32.0 Å². The van der Waals surface area contributed by atoms with Crippen LogP contribution in [0.2, 0.25) is 0 Å². The van der Waals surface area contributed by atoms with Crippen LogP contribution in [0.3, 0.4) is 0 Å². The average molecular weight is 490 g/mol. The van der Waals surface area contributed by atoms with Crippen molar-refractivity contribution in [1.82, 2.24) is 10.7 Å². The second-order valence-corrected chi connectivity index (χ2v) is 7.54. The first-order valence-corrected chi connectivity index (χ1v) is 11.3. The molecule has 9 heteroatoms. The normalized spacial score (nSPS) is 10.5. The molecule has 0 saturated carbocycles. The smallest absolute Gasteiger partial charge is 0.343 e. The molecule has 0 radical (unpaired) electrons. The second kappa shape index (κ2) is 13.3. The molecule has 3 aromatic carbocycles. The van der Waals surface area contributed by atoms with E-state index in [4.69, 9.17) is 14.2 Å². The van der Waals surface area contributed by atoms with E-state index < -0.39 is 11.9 Å². The molecule has 2 amide bonds. The Balaban J connectivity index is 1.46. The van der Waals surface area contributed by atoms with Crippen LogP contribution in [0.4, 0.5) is 0 Å². The topological polar surface area (TPSA) is 115 Å². The first-order valence-electron chi connectivity index (χ1n) is 11.3. The molecule has 0 bridgehead atoms. The minimum Gasteiger partial charge on any atom is -0.497 e. The zero-order valence-electron chi connectivity index (χ0n) is 20.0. The first kappa shape index (κ1) is 26.0. The lowest BCUT2D eigenvalue weighted by molar-refractivity contribution is -0.120. The number of carbonyl (C=O) groups is 3. The Morgan fingerprint density at radius 1 is 0.889 bits per heavy atom. The Morgan fingerprint density at radius 2 is 1.58 bits per heavy atom. The number of esters is 1. The Kier molecular flexibility index (Phi) is 9.58. The van der Waals surface area contributed by atoms with E-state index >= 15 is 0 Å². The van der Waals surface area contributed by atoms with E-state index in [0.717, 1.165) is 6.42 Å². The van der Waals surface area contributed by atoms with Crippen molar-refractivity contribution in [3.05, 3.63) is 89.5 Å². The lowest BCUT2D eigenvalue weighted by Gasteiger charge is -2.07. The van der Waals surface area contributed by atoms with Gasteiger partial charge in [-0.15, -0.1) is 0 Å². The molecule has 0 heterocycles. The fraction of sp³-hybridized carbons (Fsp3) is 0.185. The summed E-state index contributed by atoms with van der Waals surface area (Å²) in [5.41, 5.74) is 3.74. The molecule has 36 heavy (non-hydrogen) atoms. The van der Waals surface area contributed by atoms with Crippen LogP contribution in [0.15, 0.2) is 77.9 Å². The summed E-state index contributed by atoms with van der Waals surface area (Å²) in [4.78, 5) is 36.6. The average Bonchev–Trinajstić information content (AvgIpc) is 2.91. The molecule has 0 unspecified atom stereocenters. The van der Waals surface area contributed by atoms with Crippen LogP contribution in [0.1, 0.15) is 39.6 Å². The number of hydrogen-bond donors (Lipinski definition) is 2. The Bertz CT molecular complexity index is 1210. The molecule has 0 aliphatic heterocycles. The number of amides is 2. The molecule has 3 aromatic rings. The van der Waals surface area contributed by atoms with E-state index in [9.17, 15) is 14.4 Å². The van der Waals surface area contributed by atoms with Crippen LogP contribution in [0, 0.1) is 0 Å². The van der Waals surface area contributed by atoms with E-state index in [1.807, 2.05) is 6.92 Å². The standard InChI is InChI=1S/C27H27N3O6/c1-3-15-35-23-13-7-20(8-14-23)26(32)28-18-25(31)30-29-17-19-5-4-6-24(16-19)36-27(33)21-9-11-22(34-2)12-10-21/h4-14,16-17H,3,15,18H2,1-2H3,(H,28,32)(H,30,31)/b29-17-. The van der Waals surface area contributed by atoms with Gasteiger partial charge in [0.15, 0.2) is 0 Å². The Labute approximate surface area is 209 Å². The molecule has 0 aromatic heterocycles. The molecule has 3 rings (SSSR count). The number of hydrogen-bond acceptors (Lipinski definition) is 7. The maximum atomic E-state index is 12.3. The highest BCUT2D eigenvalue weighted by atomic mass is 16.5. The van der Waals surface area contributed by atoms with Gasteiger partial charge >= 0.3 is 5.97 Å². The van der Waals surface area contributed by atoms with Gasteiger partial charge in [-0.3, -0.25) is 9.59 Å². The molecule has 0 aliphatic rings. The predicted octanol–water partition coefficient (Wildman–Crippen LogP) is 3.58. The summed E-state index contributed by atoms with van der Waals surface area (Å²) in [6.07, 6.45) is 2.29. The fourth-order valence-electron chi connectivity index (χ4n) is 2.95. The molecule has 0 spiro atoms. The zero-order valence-corrected chi connectivity index (χ0v) is 20.0. The van der Waals surface area contributed by atoms with Crippen LogP contribution in [-0.4, -0.2) is 44.3 Å². The molecule has 9 nitrogen and oxygen atoms in total. The van der Waals surface area contributed by atoms with Gasteiger partial charge in [0.1, 0.15) is 17.2 Å². The second-order valence-electron chi connectivity index (χ2n) is 7.54. The number of nitrogens with zero attached hydrogens (tertiary/aromatic N) is 1. The molecule has 0 atom stereocenters. The van der Waals surface area contributed by atoms with Gasteiger partial charge in [0, 0.05) is 5.56 Å². The van der Waals surface area contributed by atoms with E-state index in [-0.39, 0.29) is 12.5 Å². The number of rotatable bonds is 11. The monoisotopic (exact) mass is 489 g/mol. The van der Waals surface area contributed by atoms with E-state index in [0.29, 0.717) is 40.5 Å². The van der Waals surface area contributed by atoms with Gasteiger partial charge in [0.25, 0.3) is 11.8 Å². The Morgan fingerprint density at radius 3 is 2.28 bits per heavy atom. The van der Waals surface area contributed by atoms with Gasteiger partial charge in [-0.1, -0.05) is 19.1 Å². The number of nitrogens with one attached hydrogen (secondary N) is 2. The van der Waals surface area contributed by atoms with Crippen molar-refractivity contribution in [3.8, 4) is 17.2 Å². The van der Waals surface area contributed by atoms with Gasteiger partial charge in [-0.2, -0.15) is 5.10 Å². The highest BCUT2D eigenvalue weighted by molar-refractivity contribution is 5.96. The van der Waals surface area contributed by atoms with Crippen LogP contribution < -0.4 is 25.0 Å². The molecule has 0 fully saturated rings. The number of ether oxygens (including phenoxy) is 3. The van der Waals surface area contributed by atoms with Crippen LogP contribution in [-0.2, 0) is 4.79 Å². The quantitative estimate of drug-likeness (QED) is 0.184. The lowest BCUT2D eigenvalue weighted by Crippen LogP contribution is -2.34. The fourth-order valence-corrected chi connectivity index (χ4v) is 2.95. The number of hydrazone groups is 1. The molecule has 2 N–H and O–H groups in total. The van der Waals surface area contributed by atoms with E-state index in [2.05, 4.69) is 15.8 Å². The number of methoxy groups -OCH3 is 1. The third-order valence-corrected chi connectivity index (χ3v) is 4.80. The van der Waals surface area contributed by atoms with Crippen LogP contribution in [0.5, 0.6) is 17.2 Å². The van der Waals surface area contributed by atoms with Crippen molar-refractivity contribution in [2.75, 3.05) is 20.3 Å². The first-order chi connectivity index (χ1) is 17.5. The number of carbonyl (C=O) groups excluding carboxylic acids is 3. The van der Waals surface area contributed by atoms with Crippen molar-refractivity contribution in [3.63, 3.8) is 0 Å². The van der Waals surface area contributed by atoms with Gasteiger partial charge < -0.3 is 19.5 Å². The lowest BCUT2D eigenvalue weighted by atomic mass is 10.2. The summed E-state index contributed by atoms with van der Waals surface area (Å²) in [5.74, 6) is 0.244. The summed E-state index contributed by atoms with van der Waals surface area (Å²) >= 11 is 0. The molecule has 0 saturated heterocycles. The molecule has 0 aliphatic carbocycles. The van der Waals surface area contributed by atoms with Crippen molar-refractivity contribution in [2.24, 2.45) is 5.10 Å². The molecule has 186 valence electrons. The summed E-state index contributed by atoms with van der Waals surface area (Å²) in [5, 5.41) is 6.42. The maximum Gasteiger partial charge on any atom is 0.343 e. The summed E-state index contributed by atoms with van der Waals surface area (Å²) < 4.78 is 16.0. The molecular weight excluding hydrogens is 462 g/mol. The third-order valence-electron chi connectivity index (χ3n) is 4.80. The summed E-state index contributed by atoms with van der Waals surface area (Å²) in [6.45, 7) is 2.37. The van der Waals surface area contributed by atoms with Gasteiger partial charge in [-0.25, -0.2) is 10.2 Å². The van der Waals surface area contributed by atoms with Gasteiger partial charge in [0.2, 0.25) is 0 Å². The van der Waals surface area contributed by atoms with Crippen LogP contribution in [0.25, 0.3) is 0 Å². The summed E-state index contributed by atoms with van der Waals surface area (Å²) in [7, 11) is 1.54. The van der Waals surface area contributed by atoms with Crippen molar-refractivity contribution in [1.29, 1.82) is 0 Å². The third kappa shape index (κ3) is 7.98. The summed E-state index contributed by atoms with van der Waals surface area (Å²) in [6, 6.07) is 19.9. The maximum absolute atomic E-state index is 12.3. The number of benzene rings is 3. The van der Waals surface area contributed by atoms with Crippen LogP contribution >= 0.6 is 0 Å². The van der Waals surface area contributed by atoms with Crippen molar-refractivity contribution < 1.29 is 28.6 Å². The molecular formula is C27H27N3O6. The van der Waals surface area contributed by atoms with Crippen molar-refractivity contribution in [2.45, 2.75) is 13.3 Å². The van der Waals surface area contributed by atoms with Gasteiger partial charge in [-0.05, 0) is 72.6 Å². The highest BCUT2D eigenvalue weighted by Crippen LogP contribution is 2.17. The SMILES string of the molecule is CCCOc1ccc(C(=O)NCC(=O)N/N=C\c2cccc(OC(=O)c3ccc(OC)cc3)c2)cc1. The zero-order chi connectivity index (χ0) is 25.8. The minimum atomic E-state index is -0.515. The Hall–Kier alpha value is -4.66. The highest BCUT2D eigenvalue weighted by Gasteiger charge is 2.10. The largest absolute Gasteiger partial charge is 0.497 e. The van der Waals surface area contributed by atoms with E-state index in [1.165, 1.54) is 6.21 Å². The van der Waals surface area contributed by atoms with Crippen molar-refractivity contribution >= 4 is 24.0 Å².